The van der Waals surface area contributed by atoms with E-state index in [0.29, 0.717) is 18.1 Å². The maximum absolute atomic E-state index is 13.7. The van der Waals surface area contributed by atoms with Gasteiger partial charge in [0.25, 0.3) is 0 Å². The van der Waals surface area contributed by atoms with Crippen LogP contribution in [0.4, 0.5) is 8.78 Å². The first-order valence-electron chi connectivity index (χ1n) is 6.41. The number of guanidine groups is 1. The molecule has 1 aromatic carbocycles. The summed E-state index contributed by atoms with van der Waals surface area (Å²) in [4.78, 5) is 4.04. The average molecular weight is 422 g/mol. The molecule has 8 heteroatoms. The van der Waals surface area contributed by atoms with Crippen LogP contribution in [-0.4, -0.2) is 18.2 Å². The van der Waals surface area contributed by atoms with E-state index in [-0.39, 0.29) is 30.0 Å². The van der Waals surface area contributed by atoms with E-state index in [9.17, 15) is 8.78 Å². The first-order chi connectivity index (χ1) is 10.1. The minimum absolute atomic E-state index is 0. The zero-order valence-corrected chi connectivity index (χ0v) is 14.5. The number of aromatic nitrogens is 1. The molecule has 0 saturated carbocycles. The van der Waals surface area contributed by atoms with E-state index in [4.69, 9.17) is 4.52 Å². The summed E-state index contributed by atoms with van der Waals surface area (Å²) in [6.07, 6.45) is 1.48. The highest BCUT2D eigenvalue weighted by Crippen LogP contribution is 2.17. The fraction of sp³-hybridized carbons (Fsp3) is 0.286. The molecule has 0 aliphatic rings. The third-order valence-electron chi connectivity index (χ3n) is 2.93. The van der Waals surface area contributed by atoms with Gasteiger partial charge in [-0.05, 0) is 13.0 Å². The highest BCUT2D eigenvalue weighted by molar-refractivity contribution is 14.0. The molecular weight excluding hydrogens is 405 g/mol. The highest BCUT2D eigenvalue weighted by atomic mass is 127. The Bertz CT molecular complexity index is 619. The Labute approximate surface area is 144 Å². The van der Waals surface area contributed by atoms with Crippen LogP contribution in [0.2, 0.25) is 0 Å². The smallest absolute Gasteiger partial charge is 0.191 e. The number of halogens is 3. The SMILES string of the molecule is CN=C(NCc1ccon1)NC(C)c1ccc(F)cc1F.I. The number of rotatable bonds is 4. The molecule has 2 N–H and O–H groups in total. The van der Waals surface area contributed by atoms with Gasteiger partial charge < -0.3 is 15.2 Å². The Hall–Kier alpha value is -1.71. The Morgan fingerprint density at radius 3 is 2.73 bits per heavy atom. The number of aliphatic imine (C=N–C) groups is 1. The van der Waals surface area contributed by atoms with Crippen molar-refractivity contribution in [2.75, 3.05) is 7.05 Å². The summed E-state index contributed by atoms with van der Waals surface area (Å²) in [6.45, 7) is 2.19. The van der Waals surface area contributed by atoms with Gasteiger partial charge in [-0.3, -0.25) is 4.99 Å². The normalized spacial score (nSPS) is 12.5. The van der Waals surface area contributed by atoms with Gasteiger partial charge in [0.05, 0.1) is 12.6 Å². The van der Waals surface area contributed by atoms with Gasteiger partial charge in [-0.2, -0.15) is 0 Å². The summed E-state index contributed by atoms with van der Waals surface area (Å²) in [5.41, 5.74) is 1.08. The summed E-state index contributed by atoms with van der Waals surface area (Å²) in [6, 6.07) is 4.85. The van der Waals surface area contributed by atoms with Gasteiger partial charge in [0.2, 0.25) is 0 Å². The standard InChI is InChI=1S/C14H16F2N4O.HI/c1-9(12-4-3-10(15)7-13(12)16)19-14(17-2)18-8-11-5-6-21-20-11;/h3-7,9H,8H2,1-2H3,(H2,17,18,19);1H. The summed E-state index contributed by atoms with van der Waals surface area (Å²) < 4.78 is 31.3. The second-order valence-corrected chi connectivity index (χ2v) is 4.45. The van der Waals surface area contributed by atoms with Crippen LogP contribution in [0.15, 0.2) is 40.0 Å². The van der Waals surface area contributed by atoms with Gasteiger partial charge in [0, 0.05) is 24.7 Å². The van der Waals surface area contributed by atoms with Crippen LogP contribution < -0.4 is 10.6 Å². The highest BCUT2D eigenvalue weighted by Gasteiger charge is 2.13. The van der Waals surface area contributed by atoms with Crippen LogP contribution in [0, 0.1) is 11.6 Å². The van der Waals surface area contributed by atoms with Gasteiger partial charge in [-0.1, -0.05) is 11.2 Å². The zero-order valence-electron chi connectivity index (χ0n) is 12.1. The summed E-state index contributed by atoms with van der Waals surface area (Å²) in [5, 5.41) is 9.81. The van der Waals surface area contributed by atoms with Crippen LogP contribution in [0.25, 0.3) is 0 Å². The van der Waals surface area contributed by atoms with Gasteiger partial charge in [-0.25, -0.2) is 8.78 Å². The predicted molar refractivity (Wildman–Crippen MR) is 90.0 cm³/mol. The molecule has 1 atom stereocenters. The van der Waals surface area contributed by atoms with Crippen molar-refractivity contribution < 1.29 is 13.3 Å². The molecule has 0 saturated heterocycles. The van der Waals surface area contributed by atoms with Crippen LogP contribution in [0.3, 0.4) is 0 Å². The molecule has 0 spiro atoms. The Kier molecular flexibility index (Phi) is 7.22. The minimum Gasteiger partial charge on any atom is -0.364 e. The third kappa shape index (κ3) is 4.93. The third-order valence-corrected chi connectivity index (χ3v) is 2.93. The molecule has 1 heterocycles. The van der Waals surface area contributed by atoms with Crippen LogP contribution in [0.5, 0.6) is 0 Å². The molecule has 0 amide bonds. The quantitative estimate of drug-likeness (QED) is 0.452. The minimum atomic E-state index is -0.600. The van der Waals surface area contributed by atoms with Crippen molar-refractivity contribution >= 4 is 29.9 Å². The Morgan fingerprint density at radius 2 is 2.14 bits per heavy atom. The molecule has 2 aromatic rings. The van der Waals surface area contributed by atoms with E-state index in [1.807, 2.05) is 0 Å². The van der Waals surface area contributed by atoms with Crippen LogP contribution in [0.1, 0.15) is 24.2 Å². The Balaban J connectivity index is 0.00000242. The topological polar surface area (TPSA) is 62.5 Å². The second-order valence-electron chi connectivity index (χ2n) is 4.45. The first-order valence-corrected chi connectivity index (χ1v) is 6.41. The lowest BCUT2D eigenvalue weighted by molar-refractivity contribution is 0.410. The fourth-order valence-electron chi connectivity index (χ4n) is 1.83. The van der Waals surface area contributed by atoms with Gasteiger partial charge >= 0.3 is 0 Å². The number of nitrogens with one attached hydrogen (secondary N) is 2. The summed E-state index contributed by atoms with van der Waals surface area (Å²) >= 11 is 0. The van der Waals surface area contributed by atoms with Crippen molar-refractivity contribution in [3.8, 4) is 0 Å². The average Bonchev–Trinajstić information content (AvgIpc) is 2.96. The largest absolute Gasteiger partial charge is 0.364 e. The molecule has 120 valence electrons. The van der Waals surface area contributed by atoms with Crippen molar-refractivity contribution in [2.24, 2.45) is 4.99 Å². The summed E-state index contributed by atoms with van der Waals surface area (Å²) in [7, 11) is 1.60. The molecule has 0 radical (unpaired) electrons. The molecule has 0 fully saturated rings. The van der Waals surface area contributed by atoms with Crippen molar-refractivity contribution in [2.45, 2.75) is 19.5 Å². The lowest BCUT2D eigenvalue weighted by Crippen LogP contribution is -2.38. The molecule has 0 aliphatic carbocycles. The maximum Gasteiger partial charge on any atom is 0.191 e. The molecular formula is C14H17F2IN4O. The van der Waals surface area contributed by atoms with Gasteiger partial charge in [0.15, 0.2) is 5.96 Å². The van der Waals surface area contributed by atoms with E-state index in [2.05, 4.69) is 20.8 Å². The lowest BCUT2D eigenvalue weighted by Gasteiger charge is -2.18. The van der Waals surface area contributed by atoms with Crippen molar-refractivity contribution in [3.63, 3.8) is 0 Å². The molecule has 1 aromatic heterocycles. The van der Waals surface area contributed by atoms with E-state index < -0.39 is 11.6 Å². The first kappa shape index (κ1) is 18.3. The van der Waals surface area contributed by atoms with Crippen molar-refractivity contribution in [3.05, 3.63) is 53.4 Å². The molecule has 22 heavy (non-hydrogen) atoms. The van der Waals surface area contributed by atoms with Gasteiger partial charge in [-0.15, -0.1) is 24.0 Å². The number of nitrogens with zero attached hydrogens (tertiary/aromatic N) is 2. The van der Waals surface area contributed by atoms with Crippen LogP contribution in [-0.2, 0) is 6.54 Å². The van der Waals surface area contributed by atoms with Gasteiger partial charge in [0.1, 0.15) is 23.6 Å². The predicted octanol–water partition coefficient (Wildman–Crippen LogP) is 3.00. The summed E-state index contributed by atoms with van der Waals surface area (Å²) in [5.74, 6) is -0.715. The van der Waals surface area contributed by atoms with Crippen molar-refractivity contribution in [1.29, 1.82) is 0 Å². The number of hydrogen-bond acceptors (Lipinski definition) is 3. The van der Waals surface area contributed by atoms with E-state index in [1.165, 1.54) is 18.4 Å². The molecule has 0 bridgehead atoms. The van der Waals surface area contributed by atoms with Crippen LogP contribution >= 0.6 is 24.0 Å². The molecule has 2 rings (SSSR count). The van der Waals surface area contributed by atoms with E-state index in [0.717, 1.165) is 11.8 Å². The number of hydrogen-bond donors (Lipinski definition) is 2. The number of benzene rings is 1. The second kappa shape index (κ2) is 8.66. The lowest BCUT2D eigenvalue weighted by atomic mass is 10.1. The maximum atomic E-state index is 13.7. The molecule has 1 unspecified atom stereocenters. The fourth-order valence-corrected chi connectivity index (χ4v) is 1.83. The molecule has 5 nitrogen and oxygen atoms in total. The molecule has 0 aliphatic heterocycles. The Morgan fingerprint density at radius 1 is 1.36 bits per heavy atom. The van der Waals surface area contributed by atoms with E-state index >= 15 is 0 Å². The monoisotopic (exact) mass is 422 g/mol. The zero-order chi connectivity index (χ0) is 15.2. The van der Waals surface area contributed by atoms with E-state index in [1.54, 1.807) is 20.0 Å². The van der Waals surface area contributed by atoms with Crippen molar-refractivity contribution in [1.82, 2.24) is 15.8 Å².